The average Bonchev–Trinajstić information content (AvgIpc) is 2.34. The molecule has 0 spiro atoms. The summed E-state index contributed by atoms with van der Waals surface area (Å²) in [6.45, 7) is 6.41. The van der Waals surface area contributed by atoms with Crippen molar-refractivity contribution in [2.45, 2.75) is 51.3 Å². The highest BCUT2D eigenvalue weighted by molar-refractivity contribution is 5.78. The topological polar surface area (TPSA) is 41.9 Å². The Morgan fingerprint density at radius 1 is 1.47 bits per heavy atom. The number of hydrogen-bond donors (Lipinski definition) is 0. The number of ether oxygens (including phenoxy) is 1. The molecule has 0 aromatic carbocycles. The predicted molar refractivity (Wildman–Crippen MR) is 58.2 cm³/mol. The highest BCUT2D eigenvalue weighted by Crippen LogP contribution is 2.28. The van der Waals surface area contributed by atoms with Gasteiger partial charge in [-0.2, -0.15) is 0 Å². The maximum Gasteiger partial charge on any atom is 0.411 e. The van der Waals surface area contributed by atoms with Crippen LogP contribution in [-0.4, -0.2) is 41.4 Å². The molecule has 0 aliphatic carbocycles. The van der Waals surface area contributed by atoms with Gasteiger partial charge in [0.2, 0.25) is 0 Å². The Balaban J connectivity index is 2.05. The first-order chi connectivity index (χ1) is 6.97. The number of carbonyl (C=O) groups is 1. The lowest BCUT2D eigenvalue weighted by molar-refractivity contribution is 0.0192. The molecule has 2 unspecified atom stereocenters. The summed E-state index contributed by atoms with van der Waals surface area (Å²) in [7, 11) is 0. The first-order valence-corrected chi connectivity index (χ1v) is 5.48. The summed E-state index contributed by atoms with van der Waals surface area (Å²) in [5.74, 6) is 0. The number of aliphatic imine (C=N–C) groups is 1. The SMILES string of the molecule is CC(C)(C)OC(=O)N1C2C=NCC1CC2. The van der Waals surface area contributed by atoms with Gasteiger partial charge in [-0.05, 0) is 33.6 Å². The summed E-state index contributed by atoms with van der Waals surface area (Å²) in [6.07, 6.45) is 3.76. The Kier molecular flexibility index (Phi) is 2.44. The van der Waals surface area contributed by atoms with Crippen LogP contribution in [0.4, 0.5) is 4.79 Å². The van der Waals surface area contributed by atoms with E-state index < -0.39 is 5.60 Å². The van der Waals surface area contributed by atoms with Crippen LogP contribution in [0.2, 0.25) is 0 Å². The van der Waals surface area contributed by atoms with E-state index in [1.54, 1.807) is 0 Å². The zero-order valence-electron chi connectivity index (χ0n) is 9.56. The molecule has 2 aliphatic rings. The molecule has 0 aromatic heterocycles. The van der Waals surface area contributed by atoms with E-state index in [2.05, 4.69) is 4.99 Å². The van der Waals surface area contributed by atoms with Gasteiger partial charge >= 0.3 is 6.09 Å². The number of rotatable bonds is 0. The predicted octanol–water partition coefficient (Wildman–Crippen LogP) is 1.84. The molecule has 1 saturated heterocycles. The van der Waals surface area contributed by atoms with E-state index in [0.717, 1.165) is 19.4 Å². The van der Waals surface area contributed by atoms with Crippen LogP contribution in [0.3, 0.4) is 0 Å². The lowest BCUT2D eigenvalue weighted by Crippen LogP contribution is -2.47. The fourth-order valence-electron chi connectivity index (χ4n) is 2.14. The van der Waals surface area contributed by atoms with Gasteiger partial charge < -0.3 is 4.74 Å². The molecule has 2 aliphatic heterocycles. The Labute approximate surface area is 90.3 Å². The largest absolute Gasteiger partial charge is 0.444 e. The summed E-state index contributed by atoms with van der Waals surface area (Å²) in [4.78, 5) is 18.0. The Bertz CT molecular complexity index is 293. The molecule has 15 heavy (non-hydrogen) atoms. The second-order valence-electron chi connectivity index (χ2n) is 5.20. The lowest BCUT2D eigenvalue weighted by atomic mass is 10.2. The normalized spacial score (nSPS) is 29.4. The monoisotopic (exact) mass is 210 g/mol. The maximum absolute atomic E-state index is 11.9. The Hall–Kier alpha value is -1.06. The molecule has 0 N–H and O–H groups in total. The van der Waals surface area contributed by atoms with Crippen LogP contribution in [0.1, 0.15) is 33.6 Å². The molecule has 4 nitrogen and oxygen atoms in total. The van der Waals surface area contributed by atoms with Crippen LogP contribution < -0.4 is 0 Å². The standard InChI is InChI=1S/C11H18N2O2/c1-11(2,3)15-10(14)13-8-4-5-9(13)7-12-6-8/h6,8-9H,4-5,7H2,1-3H3. The number of carbonyl (C=O) groups excluding carboxylic acids is 1. The van der Waals surface area contributed by atoms with E-state index >= 15 is 0 Å². The lowest BCUT2D eigenvalue weighted by Gasteiger charge is -2.32. The van der Waals surface area contributed by atoms with Crippen molar-refractivity contribution in [3.8, 4) is 0 Å². The molecule has 2 rings (SSSR count). The van der Waals surface area contributed by atoms with E-state index in [4.69, 9.17) is 4.74 Å². The van der Waals surface area contributed by atoms with E-state index in [0.29, 0.717) is 0 Å². The van der Waals surface area contributed by atoms with Crippen LogP contribution in [0.15, 0.2) is 4.99 Å². The average molecular weight is 210 g/mol. The third-order valence-corrected chi connectivity index (χ3v) is 2.74. The van der Waals surface area contributed by atoms with Gasteiger partial charge in [0.15, 0.2) is 0 Å². The minimum Gasteiger partial charge on any atom is -0.444 e. The van der Waals surface area contributed by atoms with Gasteiger partial charge in [-0.3, -0.25) is 9.89 Å². The zero-order chi connectivity index (χ0) is 11.1. The number of fused-ring (bicyclic) bond motifs is 2. The van der Waals surface area contributed by atoms with Crippen molar-refractivity contribution in [1.82, 2.24) is 4.90 Å². The van der Waals surface area contributed by atoms with Gasteiger partial charge in [0.05, 0.1) is 18.6 Å². The second-order valence-corrected chi connectivity index (χ2v) is 5.20. The highest BCUT2D eigenvalue weighted by atomic mass is 16.6. The summed E-state index contributed by atoms with van der Waals surface area (Å²) in [5.41, 5.74) is -0.412. The van der Waals surface area contributed by atoms with Crippen molar-refractivity contribution >= 4 is 12.3 Å². The number of nitrogens with zero attached hydrogens (tertiary/aromatic N) is 2. The molecule has 2 bridgehead atoms. The molecule has 2 heterocycles. The zero-order valence-corrected chi connectivity index (χ0v) is 9.56. The van der Waals surface area contributed by atoms with E-state index in [9.17, 15) is 4.79 Å². The third-order valence-electron chi connectivity index (χ3n) is 2.74. The molecule has 0 aromatic rings. The van der Waals surface area contributed by atoms with Gasteiger partial charge in [-0.25, -0.2) is 4.79 Å². The molecule has 1 fully saturated rings. The summed E-state index contributed by atoms with van der Waals surface area (Å²) in [5, 5.41) is 0. The van der Waals surface area contributed by atoms with Crippen molar-refractivity contribution in [2.75, 3.05) is 6.54 Å². The molecular formula is C11H18N2O2. The minimum absolute atomic E-state index is 0.165. The van der Waals surface area contributed by atoms with E-state index in [-0.39, 0.29) is 18.2 Å². The van der Waals surface area contributed by atoms with Gasteiger partial charge in [-0.15, -0.1) is 0 Å². The molecule has 2 atom stereocenters. The smallest absolute Gasteiger partial charge is 0.411 e. The summed E-state index contributed by atoms with van der Waals surface area (Å²) in [6, 6.07) is 0.424. The van der Waals surface area contributed by atoms with Crippen molar-refractivity contribution in [1.29, 1.82) is 0 Å². The van der Waals surface area contributed by atoms with Crippen LogP contribution >= 0.6 is 0 Å². The Morgan fingerprint density at radius 3 is 2.80 bits per heavy atom. The fraction of sp³-hybridized carbons (Fsp3) is 0.818. The van der Waals surface area contributed by atoms with Gasteiger partial charge in [-0.1, -0.05) is 0 Å². The minimum atomic E-state index is -0.412. The summed E-state index contributed by atoms with van der Waals surface area (Å²) < 4.78 is 5.38. The van der Waals surface area contributed by atoms with Gasteiger partial charge in [0.25, 0.3) is 0 Å². The second kappa shape index (κ2) is 3.51. The molecule has 0 saturated carbocycles. The van der Waals surface area contributed by atoms with Crippen molar-refractivity contribution in [3.63, 3.8) is 0 Å². The first-order valence-electron chi connectivity index (χ1n) is 5.48. The van der Waals surface area contributed by atoms with Gasteiger partial charge in [0.1, 0.15) is 5.60 Å². The Morgan fingerprint density at radius 2 is 2.20 bits per heavy atom. The molecule has 1 amide bonds. The van der Waals surface area contributed by atoms with E-state index in [1.807, 2.05) is 31.9 Å². The molecular weight excluding hydrogens is 192 g/mol. The highest BCUT2D eigenvalue weighted by Gasteiger charge is 2.40. The van der Waals surface area contributed by atoms with Crippen molar-refractivity contribution < 1.29 is 9.53 Å². The van der Waals surface area contributed by atoms with Crippen LogP contribution in [-0.2, 0) is 4.74 Å². The number of amides is 1. The summed E-state index contributed by atoms with van der Waals surface area (Å²) >= 11 is 0. The van der Waals surface area contributed by atoms with Gasteiger partial charge in [0, 0.05) is 6.21 Å². The van der Waals surface area contributed by atoms with Crippen LogP contribution in [0, 0.1) is 0 Å². The molecule has 84 valence electrons. The third kappa shape index (κ3) is 2.13. The molecule has 4 heteroatoms. The first kappa shape index (κ1) is 10.5. The maximum atomic E-state index is 11.9. The van der Waals surface area contributed by atoms with Crippen molar-refractivity contribution in [2.24, 2.45) is 4.99 Å². The quantitative estimate of drug-likeness (QED) is 0.612. The van der Waals surface area contributed by atoms with Crippen LogP contribution in [0.5, 0.6) is 0 Å². The molecule has 0 radical (unpaired) electrons. The fourth-order valence-corrected chi connectivity index (χ4v) is 2.14. The van der Waals surface area contributed by atoms with Crippen LogP contribution in [0.25, 0.3) is 0 Å². The van der Waals surface area contributed by atoms with E-state index in [1.165, 1.54) is 0 Å². The van der Waals surface area contributed by atoms with Crippen molar-refractivity contribution in [3.05, 3.63) is 0 Å². The number of hydrogen-bond acceptors (Lipinski definition) is 3.